The lowest BCUT2D eigenvalue weighted by atomic mass is 9.77. The van der Waals surface area contributed by atoms with Crippen molar-refractivity contribution in [3.8, 4) is 0 Å². The highest BCUT2D eigenvalue weighted by atomic mass is 16.6. The summed E-state index contributed by atoms with van der Waals surface area (Å²) in [4.78, 5) is 14.2. The predicted octanol–water partition coefficient (Wildman–Crippen LogP) is 7.13. The SMILES string of the molecule is C=Cc1c(C2CCCCC2)ccc(C2CCN(C(=O)OC(C)(C)C)CC2)c1C=C. The van der Waals surface area contributed by atoms with Crippen molar-refractivity contribution in [2.45, 2.75) is 83.2 Å². The summed E-state index contributed by atoms with van der Waals surface area (Å²) >= 11 is 0. The van der Waals surface area contributed by atoms with Gasteiger partial charge in [0.2, 0.25) is 0 Å². The molecule has 0 aromatic heterocycles. The van der Waals surface area contributed by atoms with E-state index in [1.165, 1.54) is 54.4 Å². The van der Waals surface area contributed by atoms with E-state index in [2.05, 4.69) is 25.3 Å². The van der Waals surface area contributed by atoms with Crippen LogP contribution in [-0.4, -0.2) is 29.7 Å². The summed E-state index contributed by atoms with van der Waals surface area (Å²) < 4.78 is 5.54. The first-order valence-electron chi connectivity index (χ1n) is 11.2. The molecule has 0 spiro atoms. The number of piperidine rings is 1. The molecule has 0 unspecified atom stereocenters. The number of likely N-dealkylation sites (tertiary alicyclic amines) is 1. The van der Waals surface area contributed by atoms with Gasteiger partial charge in [0.25, 0.3) is 0 Å². The van der Waals surface area contributed by atoms with E-state index in [0.29, 0.717) is 11.8 Å². The smallest absolute Gasteiger partial charge is 0.410 e. The summed E-state index contributed by atoms with van der Waals surface area (Å²) in [5.74, 6) is 1.10. The van der Waals surface area contributed by atoms with Gasteiger partial charge in [0.15, 0.2) is 0 Å². The molecule has 158 valence electrons. The Morgan fingerprint density at radius 1 is 0.931 bits per heavy atom. The molecule has 3 rings (SSSR count). The first kappa shape index (κ1) is 21.7. The lowest BCUT2D eigenvalue weighted by Crippen LogP contribution is -2.41. The van der Waals surface area contributed by atoms with E-state index in [1.54, 1.807) is 0 Å². The highest BCUT2D eigenvalue weighted by Crippen LogP contribution is 2.40. The van der Waals surface area contributed by atoms with Crippen molar-refractivity contribution in [3.05, 3.63) is 47.5 Å². The topological polar surface area (TPSA) is 29.5 Å². The van der Waals surface area contributed by atoms with Crippen LogP contribution in [0.5, 0.6) is 0 Å². The average Bonchev–Trinajstić information content (AvgIpc) is 2.72. The number of amides is 1. The molecule has 29 heavy (non-hydrogen) atoms. The zero-order valence-corrected chi connectivity index (χ0v) is 18.5. The van der Waals surface area contributed by atoms with Crippen molar-refractivity contribution in [3.63, 3.8) is 0 Å². The Morgan fingerprint density at radius 2 is 1.41 bits per heavy atom. The number of ether oxygens (including phenoxy) is 1. The van der Waals surface area contributed by atoms with Crippen LogP contribution in [-0.2, 0) is 4.74 Å². The maximum atomic E-state index is 12.4. The van der Waals surface area contributed by atoms with Gasteiger partial charge in [-0.25, -0.2) is 4.79 Å². The number of nitrogens with zero attached hydrogens (tertiary/aromatic N) is 1. The van der Waals surface area contributed by atoms with Crippen LogP contribution in [0.25, 0.3) is 12.2 Å². The molecule has 1 amide bonds. The largest absolute Gasteiger partial charge is 0.444 e. The molecule has 1 heterocycles. The number of rotatable bonds is 4. The summed E-state index contributed by atoms with van der Waals surface area (Å²) in [7, 11) is 0. The number of benzene rings is 1. The summed E-state index contributed by atoms with van der Waals surface area (Å²) in [5.41, 5.74) is 4.89. The Balaban J connectivity index is 1.77. The Kier molecular flexibility index (Phi) is 6.87. The van der Waals surface area contributed by atoms with Crippen molar-refractivity contribution in [2.75, 3.05) is 13.1 Å². The fourth-order valence-electron chi connectivity index (χ4n) is 4.95. The van der Waals surface area contributed by atoms with E-state index in [0.717, 1.165) is 25.9 Å². The van der Waals surface area contributed by atoms with Crippen molar-refractivity contribution in [2.24, 2.45) is 0 Å². The third-order valence-electron chi connectivity index (χ3n) is 6.39. The quantitative estimate of drug-likeness (QED) is 0.542. The summed E-state index contributed by atoms with van der Waals surface area (Å²) in [6, 6.07) is 4.66. The number of carbonyl (C=O) groups excluding carboxylic acids is 1. The molecule has 0 radical (unpaired) electrons. The Hall–Kier alpha value is -2.03. The van der Waals surface area contributed by atoms with Crippen molar-refractivity contribution >= 4 is 18.2 Å². The molecule has 1 aromatic carbocycles. The fraction of sp³-hybridized carbons (Fsp3) is 0.577. The molecule has 0 bridgehead atoms. The Morgan fingerprint density at radius 3 is 1.86 bits per heavy atom. The van der Waals surface area contributed by atoms with Gasteiger partial charge in [-0.2, -0.15) is 0 Å². The van der Waals surface area contributed by atoms with Crippen molar-refractivity contribution in [1.29, 1.82) is 0 Å². The molecule has 1 aliphatic carbocycles. The molecular weight excluding hydrogens is 358 g/mol. The number of carbonyl (C=O) groups is 1. The summed E-state index contributed by atoms with van der Waals surface area (Å²) in [5, 5.41) is 0. The molecule has 3 heteroatoms. The van der Waals surface area contributed by atoms with Crippen LogP contribution in [0.15, 0.2) is 25.3 Å². The third-order valence-corrected chi connectivity index (χ3v) is 6.39. The van der Waals surface area contributed by atoms with Gasteiger partial charge < -0.3 is 9.64 Å². The molecule has 2 aliphatic rings. The second kappa shape index (κ2) is 9.19. The van der Waals surface area contributed by atoms with E-state index in [4.69, 9.17) is 4.74 Å². The zero-order valence-electron chi connectivity index (χ0n) is 18.5. The van der Waals surface area contributed by atoms with Crippen molar-refractivity contribution in [1.82, 2.24) is 4.90 Å². The minimum absolute atomic E-state index is 0.195. The molecule has 2 fully saturated rings. The van der Waals surface area contributed by atoms with Crippen LogP contribution >= 0.6 is 0 Å². The monoisotopic (exact) mass is 395 g/mol. The molecule has 3 nitrogen and oxygen atoms in total. The maximum absolute atomic E-state index is 12.4. The maximum Gasteiger partial charge on any atom is 0.410 e. The van der Waals surface area contributed by atoms with Gasteiger partial charge in [-0.05, 0) is 80.5 Å². The molecule has 1 saturated carbocycles. The Labute approximate surface area is 176 Å². The molecule has 0 atom stereocenters. The van der Waals surface area contributed by atoms with Gasteiger partial charge in [-0.3, -0.25) is 0 Å². The molecule has 1 aromatic rings. The molecule has 1 saturated heterocycles. The first-order valence-corrected chi connectivity index (χ1v) is 11.2. The second-order valence-corrected chi connectivity index (χ2v) is 9.56. The normalized spacial score (nSPS) is 19.1. The van der Waals surface area contributed by atoms with E-state index in [1.807, 2.05) is 37.8 Å². The Bertz CT molecular complexity index is 745. The molecule has 1 aliphatic heterocycles. The molecular formula is C26H37NO2. The average molecular weight is 396 g/mol. The van der Waals surface area contributed by atoms with Gasteiger partial charge in [-0.1, -0.05) is 56.7 Å². The van der Waals surface area contributed by atoms with E-state index >= 15 is 0 Å². The first-order chi connectivity index (χ1) is 13.8. The van der Waals surface area contributed by atoms with Gasteiger partial charge in [-0.15, -0.1) is 0 Å². The van der Waals surface area contributed by atoms with Crippen LogP contribution in [0, 0.1) is 0 Å². The van der Waals surface area contributed by atoms with Crippen molar-refractivity contribution < 1.29 is 9.53 Å². The highest BCUT2D eigenvalue weighted by molar-refractivity contribution is 5.71. The van der Waals surface area contributed by atoms with Gasteiger partial charge in [0, 0.05) is 13.1 Å². The zero-order chi connectivity index (χ0) is 21.0. The van der Waals surface area contributed by atoms with Crippen LogP contribution < -0.4 is 0 Å². The second-order valence-electron chi connectivity index (χ2n) is 9.56. The van der Waals surface area contributed by atoms with Crippen LogP contribution in [0.1, 0.15) is 99.8 Å². The minimum Gasteiger partial charge on any atom is -0.444 e. The summed E-state index contributed by atoms with van der Waals surface area (Å²) in [6.45, 7) is 15.5. The van der Waals surface area contributed by atoms with Gasteiger partial charge in [0.05, 0.1) is 0 Å². The third kappa shape index (κ3) is 5.12. The van der Waals surface area contributed by atoms with E-state index in [9.17, 15) is 4.79 Å². The minimum atomic E-state index is -0.447. The number of hydrogen-bond donors (Lipinski definition) is 0. The van der Waals surface area contributed by atoms with Crippen LogP contribution in [0.3, 0.4) is 0 Å². The molecule has 0 N–H and O–H groups in total. The van der Waals surface area contributed by atoms with E-state index in [-0.39, 0.29) is 6.09 Å². The lowest BCUT2D eigenvalue weighted by molar-refractivity contribution is 0.0205. The van der Waals surface area contributed by atoms with Gasteiger partial charge in [0.1, 0.15) is 5.60 Å². The summed E-state index contributed by atoms with van der Waals surface area (Å²) in [6.07, 6.45) is 12.3. The highest BCUT2D eigenvalue weighted by Gasteiger charge is 2.29. The van der Waals surface area contributed by atoms with Gasteiger partial charge >= 0.3 is 6.09 Å². The fourth-order valence-corrected chi connectivity index (χ4v) is 4.95. The standard InChI is InChI=1S/C26H37NO2/c1-6-21-22(7-2)24(14-13-23(21)19-11-9-8-10-12-19)20-15-17-27(18-16-20)25(28)29-26(3,4)5/h6-7,13-14,19-20H,1-2,8-12,15-18H2,3-5H3. The van der Waals surface area contributed by atoms with Crippen LogP contribution in [0.2, 0.25) is 0 Å². The number of hydrogen-bond acceptors (Lipinski definition) is 2. The van der Waals surface area contributed by atoms with E-state index < -0.39 is 5.60 Å². The van der Waals surface area contributed by atoms with Crippen LogP contribution in [0.4, 0.5) is 4.79 Å². The lowest BCUT2D eigenvalue weighted by Gasteiger charge is -2.34. The predicted molar refractivity (Wildman–Crippen MR) is 122 cm³/mol.